The average molecular weight is 343 g/mol. The molecule has 1 unspecified atom stereocenters. The van der Waals surface area contributed by atoms with Gasteiger partial charge in [0.15, 0.2) is 0 Å². The van der Waals surface area contributed by atoms with E-state index in [0.717, 1.165) is 18.4 Å². The number of piperidine rings is 1. The largest absolute Gasteiger partial charge is 0.313 e. The van der Waals surface area contributed by atoms with E-state index in [1.165, 1.54) is 51.7 Å². The third-order valence-corrected chi connectivity index (χ3v) is 6.82. The molecule has 0 aromatic rings. The lowest BCUT2D eigenvalue weighted by Crippen LogP contribution is -2.53. The molecule has 2 atom stereocenters. The van der Waals surface area contributed by atoms with Gasteiger partial charge in [-0.25, -0.2) is 0 Å². The fourth-order valence-electron chi connectivity index (χ4n) is 5.05. The summed E-state index contributed by atoms with van der Waals surface area (Å²) < 4.78 is 0. The molecule has 0 spiro atoms. The van der Waals surface area contributed by atoms with Gasteiger partial charge in [0.1, 0.15) is 0 Å². The molecule has 0 amide bonds. The van der Waals surface area contributed by atoms with Crippen LogP contribution in [-0.4, -0.2) is 42.5 Å². The van der Waals surface area contributed by atoms with Crippen molar-refractivity contribution in [3.8, 4) is 0 Å². The number of likely N-dealkylation sites (N-methyl/N-ethyl adjacent to an activating group) is 1. The number of nitrogens with zero attached hydrogens (tertiary/aromatic N) is 1. The Bertz CT molecular complexity index is 348. The SMILES string of the molecule is CCN[C@@H](CN1CCC(C2CCC(Cl)CC2)C(C)(C)C1)C(C)C. The summed E-state index contributed by atoms with van der Waals surface area (Å²) in [5.74, 6) is 2.51. The Hall–Kier alpha value is 0.210. The maximum Gasteiger partial charge on any atom is 0.0336 e. The Balaban J connectivity index is 1.91. The van der Waals surface area contributed by atoms with Crippen molar-refractivity contribution in [2.24, 2.45) is 23.2 Å². The van der Waals surface area contributed by atoms with Gasteiger partial charge in [-0.05, 0) is 68.4 Å². The van der Waals surface area contributed by atoms with Crippen molar-refractivity contribution in [2.75, 3.05) is 26.2 Å². The van der Waals surface area contributed by atoms with E-state index in [1.807, 2.05) is 0 Å². The predicted octanol–water partition coefficient (Wildman–Crippen LogP) is 4.77. The minimum Gasteiger partial charge on any atom is -0.313 e. The average Bonchev–Trinajstić information content (AvgIpc) is 2.47. The molecule has 2 aliphatic rings. The van der Waals surface area contributed by atoms with Crippen LogP contribution in [0.2, 0.25) is 0 Å². The summed E-state index contributed by atoms with van der Waals surface area (Å²) in [6.45, 7) is 16.7. The van der Waals surface area contributed by atoms with Gasteiger partial charge in [-0.15, -0.1) is 11.6 Å². The van der Waals surface area contributed by atoms with Crippen molar-refractivity contribution in [3.05, 3.63) is 0 Å². The number of hydrogen-bond donors (Lipinski definition) is 1. The molecule has 1 saturated heterocycles. The molecule has 0 bridgehead atoms. The monoisotopic (exact) mass is 342 g/mol. The van der Waals surface area contributed by atoms with Crippen LogP contribution in [0.4, 0.5) is 0 Å². The van der Waals surface area contributed by atoms with Crippen molar-refractivity contribution in [2.45, 2.75) is 78.1 Å². The summed E-state index contributed by atoms with van der Waals surface area (Å²) in [6, 6.07) is 0.624. The maximum atomic E-state index is 6.32. The Morgan fingerprint density at radius 1 is 1.13 bits per heavy atom. The minimum absolute atomic E-state index is 0.440. The summed E-state index contributed by atoms with van der Waals surface area (Å²) in [7, 11) is 0. The summed E-state index contributed by atoms with van der Waals surface area (Å²) in [5.41, 5.74) is 0.440. The maximum absolute atomic E-state index is 6.32. The Morgan fingerprint density at radius 2 is 1.78 bits per heavy atom. The Kier molecular flexibility index (Phi) is 7.25. The summed E-state index contributed by atoms with van der Waals surface area (Å²) in [6.07, 6.45) is 6.56. The van der Waals surface area contributed by atoms with E-state index in [0.29, 0.717) is 22.8 Å². The van der Waals surface area contributed by atoms with E-state index in [-0.39, 0.29) is 0 Å². The molecular weight excluding hydrogens is 304 g/mol. The van der Waals surface area contributed by atoms with Crippen molar-refractivity contribution in [1.82, 2.24) is 10.2 Å². The van der Waals surface area contributed by atoms with Crippen LogP contribution < -0.4 is 5.32 Å². The van der Waals surface area contributed by atoms with Gasteiger partial charge in [0.25, 0.3) is 0 Å². The molecule has 0 aromatic heterocycles. The van der Waals surface area contributed by atoms with E-state index in [9.17, 15) is 0 Å². The lowest BCUT2D eigenvalue weighted by atomic mass is 9.64. The molecule has 0 radical (unpaired) electrons. The molecule has 3 heteroatoms. The van der Waals surface area contributed by atoms with E-state index in [1.54, 1.807) is 0 Å². The summed E-state index contributed by atoms with van der Waals surface area (Å²) in [5, 5.41) is 4.13. The Morgan fingerprint density at radius 3 is 2.30 bits per heavy atom. The smallest absolute Gasteiger partial charge is 0.0336 e. The first-order chi connectivity index (χ1) is 10.8. The van der Waals surface area contributed by atoms with Crippen molar-refractivity contribution in [3.63, 3.8) is 0 Å². The molecule has 2 rings (SSSR count). The first kappa shape index (κ1) is 19.5. The molecule has 23 heavy (non-hydrogen) atoms. The Labute approximate surface area is 149 Å². The van der Waals surface area contributed by atoms with E-state index in [4.69, 9.17) is 11.6 Å². The number of hydrogen-bond acceptors (Lipinski definition) is 2. The van der Waals surface area contributed by atoms with E-state index < -0.39 is 0 Å². The van der Waals surface area contributed by atoms with Crippen LogP contribution >= 0.6 is 11.6 Å². The molecule has 0 aromatic carbocycles. The van der Waals surface area contributed by atoms with E-state index in [2.05, 4.69) is 44.8 Å². The topological polar surface area (TPSA) is 15.3 Å². The molecule has 1 N–H and O–H groups in total. The molecule has 1 aliphatic carbocycles. The highest BCUT2D eigenvalue weighted by molar-refractivity contribution is 6.20. The second-order valence-electron chi connectivity index (χ2n) is 9.04. The molecule has 1 heterocycles. The first-order valence-corrected chi connectivity index (χ1v) is 10.4. The third-order valence-electron chi connectivity index (χ3n) is 6.39. The molecule has 136 valence electrons. The van der Waals surface area contributed by atoms with Gasteiger partial charge in [-0.3, -0.25) is 0 Å². The molecule has 1 aliphatic heterocycles. The molecule has 2 fully saturated rings. The zero-order valence-corrected chi connectivity index (χ0v) is 16.8. The van der Waals surface area contributed by atoms with Crippen molar-refractivity contribution < 1.29 is 0 Å². The van der Waals surface area contributed by atoms with Crippen molar-refractivity contribution in [1.29, 1.82) is 0 Å². The van der Waals surface area contributed by atoms with Gasteiger partial charge in [0.2, 0.25) is 0 Å². The number of halogens is 1. The van der Waals surface area contributed by atoms with Crippen LogP contribution in [0.5, 0.6) is 0 Å². The van der Waals surface area contributed by atoms with Crippen LogP contribution in [0.1, 0.15) is 66.7 Å². The number of nitrogens with one attached hydrogen (secondary N) is 1. The van der Waals surface area contributed by atoms with Crippen LogP contribution in [0.25, 0.3) is 0 Å². The van der Waals surface area contributed by atoms with Gasteiger partial charge in [0.05, 0.1) is 0 Å². The zero-order valence-electron chi connectivity index (χ0n) is 16.1. The van der Waals surface area contributed by atoms with E-state index >= 15 is 0 Å². The van der Waals surface area contributed by atoms with Crippen LogP contribution in [0.3, 0.4) is 0 Å². The van der Waals surface area contributed by atoms with Crippen molar-refractivity contribution >= 4 is 11.6 Å². The quantitative estimate of drug-likeness (QED) is 0.700. The molecule has 1 saturated carbocycles. The first-order valence-electron chi connectivity index (χ1n) is 9.93. The van der Waals surface area contributed by atoms with Gasteiger partial charge in [-0.2, -0.15) is 0 Å². The molecular formula is C20H39ClN2. The normalized spacial score (nSPS) is 33.8. The van der Waals surface area contributed by atoms with Gasteiger partial charge in [-0.1, -0.05) is 34.6 Å². The highest BCUT2D eigenvalue weighted by Crippen LogP contribution is 2.45. The number of rotatable bonds is 6. The van der Waals surface area contributed by atoms with Crippen LogP contribution in [0, 0.1) is 23.2 Å². The summed E-state index contributed by atoms with van der Waals surface area (Å²) >= 11 is 6.32. The zero-order chi connectivity index (χ0) is 17.0. The fourth-order valence-corrected chi connectivity index (χ4v) is 5.30. The third kappa shape index (κ3) is 5.34. The van der Waals surface area contributed by atoms with Crippen LogP contribution in [0.15, 0.2) is 0 Å². The highest BCUT2D eigenvalue weighted by atomic mass is 35.5. The van der Waals surface area contributed by atoms with Gasteiger partial charge in [0, 0.05) is 24.5 Å². The lowest BCUT2D eigenvalue weighted by Gasteiger charge is -2.49. The van der Waals surface area contributed by atoms with Crippen LogP contribution in [-0.2, 0) is 0 Å². The standard InChI is InChI=1S/C20H39ClN2/c1-6-22-19(15(2)3)13-23-12-11-18(20(4,5)14-23)16-7-9-17(21)10-8-16/h15-19,22H,6-14H2,1-5H3/t16?,17?,18?,19-/m0/s1. The second-order valence-corrected chi connectivity index (χ2v) is 9.66. The number of likely N-dealkylation sites (tertiary alicyclic amines) is 1. The highest BCUT2D eigenvalue weighted by Gasteiger charge is 2.41. The number of alkyl halides is 1. The predicted molar refractivity (Wildman–Crippen MR) is 102 cm³/mol. The minimum atomic E-state index is 0.440. The van der Waals surface area contributed by atoms with Gasteiger partial charge >= 0.3 is 0 Å². The fraction of sp³-hybridized carbons (Fsp3) is 1.00. The summed E-state index contributed by atoms with van der Waals surface area (Å²) in [4.78, 5) is 2.72. The molecule has 2 nitrogen and oxygen atoms in total. The lowest BCUT2D eigenvalue weighted by molar-refractivity contribution is 0.00495. The second kappa shape index (κ2) is 8.54. The van der Waals surface area contributed by atoms with Gasteiger partial charge < -0.3 is 10.2 Å².